The minimum absolute atomic E-state index is 0.482. The molecule has 0 aromatic carbocycles. The molecule has 0 radical (unpaired) electrons. The first-order chi connectivity index (χ1) is 7.69. The van der Waals surface area contributed by atoms with Gasteiger partial charge in [0, 0.05) is 12.5 Å². The van der Waals surface area contributed by atoms with Crippen LogP contribution in [0.5, 0.6) is 0 Å². The Hall–Kier alpha value is -1.00. The smallest absolute Gasteiger partial charge is 0.133 e. The third-order valence-corrected chi connectivity index (χ3v) is 3.32. The van der Waals surface area contributed by atoms with Crippen LogP contribution in [-0.2, 0) is 6.42 Å². The molecule has 0 aliphatic rings. The molecule has 2 heterocycles. The molecule has 0 aliphatic carbocycles. The summed E-state index contributed by atoms with van der Waals surface area (Å²) in [5, 5.41) is 1.33. The van der Waals surface area contributed by atoms with E-state index < -0.39 is 0 Å². The minimum Gasteiger partial charge on any atom is -0.468 e. The van der Waals surface area contributed by atoms with Crippen molar-refractivity contribution < 1.29 is 4.42 Å². The second-order valence-corrected chi connectivity index (χ2v) is 4.69. The molecule has 0 aliphatic heterocycles. The van der Waals surface area contributed by atoms with E-state index in [0.29, 0.717) is 5.15 Å². The van der Waals surface area contributed by atoms with E-state index in [2.05, 4.69) is 9.97 Å². The lowest BCUT2D eigenvalue weighted by Gasteiger charge is -2.02. The maximum absolute atomic E-state index is 5.92. The Labute approximate surface area is 103 Å². The van der Waals surface area contributed by atoms with E-state index in [1.165, 1.54) is 11.8 Å². The molecule has 5 heteroatoms. The van der Waals surface area contributed by atoms with Crippen molar-refractivity contribution in [2.24, 2.45) is 0 Å². The molecule has 2 aromatic heterocycles. The zero-order valence-corrected chi connectivity index (χ0v) is 10.6. The second-order valence-electron chi connectivity index (χ2n) is 3.24. The zero-order valence-electron chi connectivity index (χ0n) is 9.03. The SMILES string of the molecule is CCc1nc(Cl)cc(Sc2ccoc2C)n1. The zero-order chi connectivity index (χ0) is 11.5. The van der Waals surface area contributed by atoms with Gasteiger partial charge >= 0.3 is 0 Å². The van der Waals surface area contributed by atoms with Crippen molar-refractivity contribution in [2.45, 2.75) is 30.2 Å². The number of hydrogen-bond acceptors (Lipinski definition) is 4. The molecule has 2 rings (SSSR count). The van der Waals surface area contributed by atoms with Crippen LogP contribution in [0.3, 0.4) is 0 Å². The number of nitrogens with zero attached hydrogens (tertiary/aromatic N) is 2. The van der Waals surface area contributed by atoms with Crippen LogP contribution in [0.15, 0.2) is 32.7 Å². The van der Waals surface area contributed by atoms with Crippen molar-refractivity contribution in [1.82, 2.24) is 9.97 Å². The summed E-state index contributed by atoms with van der Waals surface area (Å²) >= 11 is 7.46. The standard InChI is InChI=1S/C11H11ClN2OS/c1-3-10-13-9(12)6-11(14-10)16-8-4-5-15-7(8)2/h4-6H,3H2,1-2H3. The lowest BCUT2D eigenvalue weighted by atomic mass is 10.4. The highest BCUT2D eigenvalue weighted by Gasteiger charge is 2.07. The molecule has 0 unspecified atom stereocenters. The number of furan rings is 1. The molecule has 0 atom stereocenters. The van der Waals surface area contributed by atoms with Crippen LogP contribution in [-0.4, -0.2) is 9.97 Å². The van der Waals surface area contributed by atoms with Crippen LogP contribution in [0.25, 0.3) is 0 Å². The van der Waals surface area contributed by atoms with Gasteiger partial charge in [0.25, 0.3) is 0 Å². The fraction of sp³-hybridized carbons (Fsp3) is 0.273. The van der Waals surface area contributed by atoms with Gasteiger partial charge in [-0.05, 0) is 13.0 Å². The van der Waals surface area contributed by atoms with Crippen LogP contribution < -0.4 is 0 Å². The van der Waals surface area contributed by atoms with Gasteiger partial charge in [-0.1, -0.05) is 30.3 Å². The fourth-order valence-electron chi connectivity index (χ4n) is 1.24. The number of aryl methyl sites for hydroxylation is 2. The van der Waals surface area contributed by atoms with E-state index >= 15 is 0 Å². The van der Waals surface area contributed by atoms with Gasteiger partial charge in [-0.2, -0.15) is 0 Å². The van der Waals surface area contributed by atoms with Gasteiger partial charge in [-0.3, -0.25) is 0 Å². The molecule has 0 amide bonds. The summed E-state index contributed by atoms with van der Waals surface area (Å²) in [6.45, 7) is 3.93. The fourth-order valence-corrected chi connectivity index (χ4v) is 2.37. The van der Waals surface area contributed by atoms with Gasteiger partial charge in [-0.15, -0.1) is 0 Å². The average molecular weight is 255 g/mol. The molecular formula is C11H11ClN2OS. The van der Waals surface area contributed by atoms with Gasteiger partial charge in [0.15, 0.2) is 0 Å². The highest BCUT2D eigenvalue weighted by Crippen LogP contribution is 2.30. The van der Waals surface area contributed by atoms with Crippen LogP contribution in [0.4, 0.5) is 0 Å². The highest BCUT2D eigenvalue weighted by atomic mass is 35.5. The molecule has 3 nitrogen and oxygen atoms in total. The van der Waals surface area contributed by atoms with Gasteiger partial charge in [0.05, 0.1) is 11.2 Å². The van der Waals surface area contributed by atoms with Crippen LogP contribution in [0, 0.1) is 6.92 Å². The van der Waals surface area contributed by atoms with Gasteiger partial charge < -0.3 is 4.42 Å². The molecule has 0 fully saturated rings. The summed E-state index contributed by atoms with van der Waals surface area (Å²) in [4.78, 5) is 9.57. The minimum atomic E-state index is 0.482. The van der Waals surface area contributed by atoms with Crippen molar-refractivity contribution in [3.63, 3.8) is 0 Å². The highest BCUT2D eigenvalue weighted by molar-refractivity contribution is 7.99. The van der Waals surface area contributed by atoms with E-state index in [4.69, 9.17) is 16.0 Å². The lowest BCUT2D eigenvalue weighted by molar-refractivity contribution is 0.527. The van der Waals surface area contributed by atoms with Crippen LogP contribution in [0.2, 0.25) is 5.15 Å². The number of aromatic nitrogens is 2. The Morgan fingerprint density at radius 1 is 1.44 bits per heavy atom. The van der Waals surface area contributed by atoms with Crippen molar-refractivity contribution in [2.75, 3.05) is 0 Å². The summed E-state index contributed by atoms with van der Waals surface area (Å²) in [5.74, 6) is 1.65. The van der Waals surface area contributed by atoms with Gasteiger partial charge in [-0.25, -0.2) is 9.97 Å². The normalized spacial score (nSPS) is 10.7. The van der Waals surface area contributed by atoms with Crippen molar-refractivity contribution in [3.05, 3.63) is 35.1 Å². The second kappa shape index (κ2) is 4.89. The van der Waals surface area contributed by atoms with E-state index in [1.807, 2.05) is 19.9 Å². The molecule has 0 saturated heterocycles. The summed E-state index contributed by atoms with van der Waals surface area (Å²) in [7, 11) is 0. The first kappa shape index (κ1) is 11.5. The topological polar surface area (TPSA) is 38.9 Å². The maximum atomic E-state index is 5.92. The molecule has 84 valence electrons. The molecule has 0 spiro atoms. The Kier molecular flexibility index (Phi) is 3.51. The van der Waals surface area contributed by atoms with Crippen molar-refractivity contribution in [1.29, 1.82) is 0 Å². The van der Waals surface area contributed by atoms with E-state index in [9.17, 15) is 0 Å². The summed E-state index contributed by atoms with van der Waals surface area (Å²) < 4.78 is 5.23. The Balaban J connectivity index is 2.28. The van der Waals surface area contributed by atoms with Crippen molar-refractivity contribution >= 4 is 23.4 Å². The predicted octanol–water partition coefficient (Wildman–Crippen LogP) is 3.75. The molecule has 0 saturated carbocycles. The first-order valence-electron chi connectivity index (χ1n) is 4.94. The molecule has 2 aromatic rings. The Morgan fingerprint density at radius 3 is 2.88 bits per heavy atom. The Morgan fingerprint density at radius 2 is 2.25 bits per heavy atom. The molecule has 0 bridgehead atoms. The monoisotopic (exact) mass is 254 g/mol. The average Bonchev–Trinajstić information content (AvgIpc) is 2.63. The summed E-state index contributed by atoms with van der Waals surface area (Å²) in [6.07, 6.45) is 2.44. The number of rotatable bonds is 3. The predicted molar refractivity (Wildman–Crippen MR) is 64.0 cm³/mol. The van der Waals surface area contributed by atoms with Crippen LogP contribution in [0.1, 0.15) is 18.5 Å². The molecular weight excluding hydrogens is 244 g/mol. The van der Waals surface area contributed by atoms with E-state index in [0.717, 1.165) is 27.9 Å². The number of halogens is 1. The van der Waals surface area contributed by atoms with E-state index in [-0.39, 0.29) is 0 Å². The van der Waals surface area contributed by atoms with Gasteiger partial charge in [0.2, 0.25) is 0 Å². The first-order valence-corrected chi connectivity index (χ1v) is 6.14. The quantitative estimate of drug-likeness (QED) is 0.782. The summed E-state index contributed by atoms with van der Waals surface area (Å²) in [5.41, 5.74) is 0. The molecule has 16 heavy (non-hydrogen) atoms. The summed E-state index contributed by atoms with van der Waals surface area (Å²) in [6, 6.07) is 3.68. The third-order valence-electron chi connectivity index (χ3n) is 2.06. The van der Waals surface area contributed by atoms with Crippen LogP contribution >= 0.6 is 23.4 Å². The molecule has 0 N–H and O–H groups in total. The number of hydrogen-bond donors (Lipinski definition) is 0. The van der Waals surface area contributed by atoms with Crippen molar-refractivity contribution in [3.8, 4) is 0 Å². The Bertz CT molecular complexity index is 498. The largest absolute Gasteiger partial charge is 0.468 e. The van der Waals surface area contributed by atoms with E-state index in [1.54, 1.807) is 12.3 Å². The third kappa shape index (κ3) is 2.57. The maximum Gasteiger partial charge on any atom is 0.133 e. The lowest BCUT2D eigenvalue weighted by Crippen LogP contribution is -1.94. The van der Waals surface area contributed by atoms with Gasteiger partial charge in [0.1, 0.15) is 21.8 Å².